The highest BCUT2D eigenvalue weighted by atomic mass is 16.5. The third-order valence-corrected chi connectivity index (χ3v) is 4.22. The Labute approximate surface area is 73.2 Å². The zero-order valence-corrected chi connectivity index (χ0v) is 7.53. The summed E-state index contributed by atoms with van der Waals surface area (Å²) in [5, 5.41) is 0. The van der Waals surface area contributed by atoms with Crippen LogP contribution in [0.3, 0.4) is 0 Å². The van der Waals surface area contributed by atoms with E-state index in [9.17, 15) is 0 Å². The van der Waals surface area contributed by atoms with Crippen LogP contribution in [-0.2, 0) is 9.47 Å². The molecule has 3 fully saturated rings. The fourth-order valence-electron chi connectivity index (χ4n) is 3.66. The number of hydrogen-bond donors (Lipinski definition) is 0. The number of hydrogen-bond acceptors (Lipinski definition) is 2. The Kier molecular flexibility index (Phi) is 1.50. The van der Waals surface area contributed by atoms with Crippen LogP contribution in [0, 0.1) is 23.7 Å². The molecule has 1 saturated heterocycles. The molecule has 0 aromatic rings. The zero-order chi connectivity index (χ0) is 8.13. The molecule has 2 nitrogen and oxygen atoms in total. The van der Waals surface area contributed by atoms with Crippen LogP contribution in [0.25, 0.3) is 0 Å². The molecule has 3 aliphatic rings. The van der Waals surface area contributed by atoms with Crippen molar-refractivity contribution in [1.29, 1.82) is 0 Å². The van der Waals surface area contributed by atoms with Crippen LogP contribution in [0.4, 0.5) is 0 Å². The third-order valence-electron chi connectivity index (χ3n) is 4.22. The van der Waals surface area contributed by atoms with E-state index >= 15 is 0 Å². The van der Waals surface area contributed by atoms with Crippen molar-refractivity contribution in [3.8, 4) is 0 Å². The lowest BCUT2D eigenvalue weighted by Crippen LogP contribution is -2.31. The van der Waals surface area contributed by atoms with Gasteiger partial charge >= 0.3 is 0 Å². The summed E-state index contributed by atoms with van der Waals surface area (Å²) in [5.74, 6) is 3.48. The summed E-state index contributed by atoms with van der Waals surface area (Å²) in [6.45, 7) is 2.04. The minimum absolute atomic E-state index is 0.554. The van der Waals surface area contributed by atoms with Crippen LogP contribution in [0.15, 0.2) is 0 Å². The molecule has 0 amide bonds. The minimum atomic E-state index is 0.554. The SMILES string of the molecule is CO[C@H]1C[C@@H]2C[C@@H]1[C@H]1COC[C@H]21. The van der Waals surface area contributed by atoms with Crippen LogP contribution < -0.4 is 0 Å². The molecule has 2 bridgehead atoms. The molecule has 1 aliphatic heterocycles. The molecule has 2 heteroatoms. The van der Waals surface area contributed by atoms with Crippen molar-refractivity contribution in [2.45, 2.75) is 18.9 Å². The van der Waals surface area contributed by atoms with Crippen LogP contribution in [0.2, 0.25) is 0 Å². The average Bonchev–Trinajstić information content (AvgIpc) is 2.75. The predicted molar refractivity (Wildman–Crippen MR) is 44.8 cm³/mol. The molecule has 3 rings (SSSR count). The first-order chi connectivity index (χ1) is 5.90. The minimum Gasteiger partial charge on any atom is -0.381 e. The molecule has 0 N–H and O–H groups in total. The van der Waals surface area contributed by atoms with E-state index in [-0.39, 0.29) is 0 Å². The Bertz CT molecular complexity index is 190. The summed E-state index contributed by atoms with van der Waals surface area (Å²) in [6, 6.07) is 0. The van der Waals surface area contributed by atoms with Gasteiger partial charge in [-0.15, -0.1) is 0 Å². The van der Waals surface area contributed by atoms with Gasteiger partial charge in [0.2, 0.25) is 0 Å². The van der Waals surface area contributed by atoms with E-state index in [0.29, 0.717) is 6.10 Å². The maximum Gasteiger partial charge on any atom is 0.0606 e. The lowest BCUT2D eigenvalue weighted by Gasteiger charge is -2.28. The van der Waals surface area contributed by atoms with Gasteiger partial charge < -0.3 is 9.47 Å². The van der Waals surface area contributed by atoms with Crippen molar-refractivity contribution in [2.75, 3.05) is 20.3 Å². The summed E-state index contributed by atoms with van der Waals surface area (Å²) in [4.78, 5) is 0. The third kappa shape index (κ3) is 0.775. The number of methoxy groups -OCH3 is 1. The lowest BCUT2D eigenvalue weighted by atomic mass is 9.80. The standard InChI is InChI=1S/C10H16O2/c1-11-10-3-6-2-7(10)9-5-12-4-8(6)9/h6-10H,2-5H2,1H3/t6-,7+,8+,9+,10-/m0/s1. The summed E-state index contributed by atoms with van der Waals surface area (Å²) in [6.07, 6.45) is 3.26. The second-order valence-electron chi connectivity index (χ2n) is 4.53. The summed E-state index contributed by atoms with van der Waals surface area (Å²) in [7, 11) is 1.86. The van der Waals surface area contributed by atoms with E-state index in [1.165, 1.54) is 12.8 Å². The Morgan fingerprint density at radius 2 is 1.92 bits per heavy atom. The molecular weight excluding hydrogens is 152 g/mol. The molecule has 0 radical (unpaired) electrons. The average molecular weight is 168 g/mol. The van der Waals surface area contributed by atoms with Crippen molar-refractivity contribution in [2.24, 2.45) is 23.7 Å². The Morgan fingerprint density at radius 1 is 1.08 bits per heavy atom. The van der Waals surface area contributed by atoms with Crippen LogP contribution >= 0.6 is 0 Å². The predicted octanol–water partition coefficient (Wildman–Crippen LogP) is 1.30. The van der Waals surface area contributed by atoms with E-state index in [1.54, 1.807) is 0 Å². The highest BCUT2D eigenvalue weighted by Crippen LogP contribution is 2.55. The first-order valence-corrected chi connectivity index (χ1v) is 5.00. The molecular formula is C10H16O2. The summed E-state index contributed by atoms with van der Waals surface area (Å²) < 4.78 is 11.0. The van der Waals surface area contributed by atoms with Gasteiger partial charge in [-0.3, -0.25) is 0 Å². The largest absolute Gasteiger partial charge is 0.381 e. The lowest BCUT2D eigenvalue weighted by molar-refractivity contribution is 0.0251. The van der Waals surface area contributed by atoms with Crippen LogP contribution in [0.1, 0.15) is 12.8 Å². The zero-order valence-electron chi connectivity index (χ0n) is 7.53. The second-order valence-corrected chi connectivity index (χ2v) is 4.53. The van der Waals surface area contributed by atoms with Gasteiger partial charge in [0.05, 0.1) is 19.3 Å². The Hall–Kier alpha value is -0.0800. The topological polar surface area (TPSA) is 18.5 Å². The molecule has 0 aromatic carbocycles. The molecule has 2 saturated carbocycles. The molecule has 1 heterocycles. The number of ether oxygens (including phenoxy) is 2. The molecule has 0 spiro atoms. The van der Waals surface area contributed by atoms with Crippen molar-refractivity contribution < 1.29 is 9.47 Å². The van der Waals surface area contributed by atoms with E-state index in [0.717, 1.165) is 36.9 Å². The quantitative estimate of drug-likeness (QED) is 0.587. The van der Waals surface area contributed by atoms with Crippen LogP contribution in [0.5, 0.6) is 0 Å². The number of rotatable bonds is 1. The number of fused-ring (bicyclic) bond motifs is 5. The fourth-order valence-corrected chi connectivity index (χ4v) is 3.66. The van der Waals surface area contributed by atoms with Gasteiger partial charge in [0.1, 0.15) is 0 Å². The molecule has 0 aromatic heterocycles. The fraction of sp³-hybridized carbons (Fsp3) is 1.00. The van der Waals surface area contributed by atoms with Gasteiger partial charge in [-0.25, -0.2) is 0 Å². The highest BCUT2D eigenvalue weighted by molar-refractivity contribution is 5.03. The normalized spacial score (nSPS) is 56.2. The summed E-state index contributed by atoms with van der Waals surface area (Å²) >= 11 is 0. The van der Waals surface area contributed by atoms with Gasteiger partial charge in [0.15, 0.2) is 0 Å². The van der Waals surface area contributed by atoms with Gasteiger partial charge in [-0.1, -0.05) is 0 Å². The van der Waals surface area contributed by atoms with Crippen LogP contribution in [-0.4, -0.2) is 26.4 Å². The Morgan fingerprint density at radius 3 is 2.75 bits per heavy atom. The van der Waals surface area contributed by atoms with Gasteiger partial charge in [0.25, 0.3) is 0 Å². The van der Waals surface area contributed by atoms with E-state index in [4.69, 9.17) is 9.47 Å². The first-order valence-electron chi connectivity index (χ1n) is 5.00. The Balaban J connectivity index is 1.83. The monoisotopic (exact) mass is 168 g/mol. The maximum absolute atomic E-state index is 5.53. The van der Waals surface area contributed by atoms with Gasteiger partial charge in [-0.2, -0.15) is 0 Å². The molecule has 2 aliphatic carbocycles. The second kappa shape index (κ2) is 2.46. The van der Waals surface area contributed by atoms with E-state index in [2.05, 4.69) is 0 Å². The van der Waals surface area contributed by atoms with E-state index in [1.807, 2.05) is 7.11 Å². The van der Waals surface area contributed by atoms with Crippen molar-refractivity contribution in [3.63, 3.8) is 0 Å². The molecule has 68 valence electrons. The smallest absolute Gasteiger partial charge is 0.0606 e. The molecule has 0 unspecified atom stereocenters. The van der Waals surface area contributed by atoms with Crippen molar-refractivity contribution in [3.05, 3.63) is 0 Å². The first kappa shape index (κ1) is 7.34. The summed E-state index contributed by atoms with van der Waals surface area (Å²) in [5.41, 5.74) is 0. The van der Waals surface area contributed by atoms with Gasteiger partial charge in [-0.05, 0) is 36.5 Å². The van der Waals surface area contributed by atoms with E-state index < -0.39 is 0 Å². The molecule has 12 heavy (non-hydrogen) atoms. The molecule has 5 atom stereocenters. The van der Waals surface area contributed by atoms with Gasteiger partial charge in [0, 0.05) is 7.11 Å². The maximum atomic E-state index is 5.53. The van der Waals surface area contributed by atoms with Crippen molar-refractivity contribution in [1.82, 2.24) is 0 Å². The van der Waals surface area contributed by atoms with Crippen molar-refractivity contribution >= 4 is 0 Å². The highest BCUT2D eigenvalue weighted by Gasteiger charge is 2.54.